The smallest absolute Gasteiger partial charge is 0.364 e. The van der Waals surface area contributed by atoms with E-state index in [0.717, 1.165) is 32.6 Å². The Kier molecular flexibility index (Phi) is 19.8. The highest BCUT2D eigenvalue weighted by Gasteiger charge is 2.60. The summed E-state index contributed by atoms with van der Waals surface area (Å²) >= 11 is 0. The number of carbonyl (C=O) groups excluding carboxylic acids is 3. The van der Waals surface area contributed by atoms with Gasteiger partial charge in [-0.15, -0.1) is 0 Å². The Bertz CT molecular complexity index is 1270. The predicted octanol–water partition coefficient (Wildman–Crippen LogP) is -5.54. The molecule has 3 aliphatic heterocycles. The van der Waals surface area contributed by atoms with E-state index in [9.17, 15) is 70.2 Å². The molecule has 23 nitrogen and oxygen atoms in total. The second-order valence-corrected chi connectivity index (χ2v) is 14.1. The molecular weight excluding hydrogens is 772 g/mol. The van der Waals surface area contributed by atoms with E-state index in [1.165, 1.54) is 7.11 Å². The van der Waals surface area contributed by atoms with Crippen molar-refractivity contribution in [3.63, 3.8) is 0 Å². The summed E-state index contributed by atoms with van der Waals surface area (Å²) in [6.07, 6.45) is -19.8. The number of aliphatic carboxylic acids is 1. The Morgan fingerprint density at radius 1 is 0.860 bits per heavy atom. The molecule has 57 heavy (non-hydrogen) atoms. The van der Waals surface area contributed by atoms with Crippen molar-refractivity contribution in [2.45, 2.75) is 156 Å². The number of hydrogen-bond acceptors (Lipinski definition) is 20. The maximum atomic E-state index is 12.8. The van der Waals surface area contributed by atoms with Crippen LogP contribution in [0.3, 0.4) is 0 Å². The van der Waals surface area contributed by atoms with Crippen LogP contribution >= 0.6 is 0 Å². The van der Waals surface area contributed by atoms with Gasteiger partial charge in [0.05, 0.1) is 39.1 Å². The number of carboxylic acids is 1. The van der Waals surface area contributed by atoms with Crippen molar-refractivity contribution in [2.75, 3.05) is 33.5 Å². The molecule has 3 aliphatic rings. The Balaban J connectivity index is 1.77. The fourth-order valence-corrected chi connectivity index (χ4v) is 6.94. The predicted molar refractivity (Wildman–Crippen MR) is 185 cm³/mol. The van der Waals surface area contributed by atoms with Gasteiger partial charge in [-0.05, 0) is 12.8 Å². The van der Waals surface area contributed by atoms with E-state index in [1.807, 2.05) is 0 Å². The number of carbonyl (C=O) groups is 4. The summed E-state index contributed by atoms with van der Waals surface area (Å²) in [7, 11) is 1.33. The molecule has 3 rings (SSSR count). The number of nitrogens with one attached hydrogen (secondary N) is 2. The lowest BCUT2D eigenvalue weighted by molar-refractivity contribution is -0.382. The first-order chi connectivity index (χ1) is 27.1. The molecule has 16 atom stereocenters. The van der Waals surface area contributed by atoms with Gasteiger partial charge in [-0.3, -0.25) is 14.4 Å². The van der Waals surface area contributed by atoms with E-state index in [1.54, 1.807) is 0 Å². The first kappa shape index (κ1) is 48.6. The number of carboxylic acid groups (broad SMARTS) is 1. The molecule has 0 saturated carbocycles. The molecule has 0 aromatic heterocycles. The van der Waals surface area contributed by atoms with Gasteiger partial charge in [0.2, 0.25) is 12.3 Å². The molecule has 3 saturated heterocycles. The van der Waals surface area contributed by atoms with E-state index in [4.69, 9.17) is 28.4 Å². The average Bonchev–Trinajstić information content (AvgIpc) is 3.18. The maximum Gasteiger partial charge on any atom is 0.364 e. The number of hydrogen-bond donors (Lipinski definition) is 12. The summed E-state index contributed by atoms with van der Waals surface area (Å²) in [6.45, 7) is -1.66. The van der Waals surface area contributed by atoms with Crippen LogP contribution < -0.4 is 10.6 Å². The molecule has 23 heteroatoms. The largest absolute Gasteiger partial charge is 0.477 e. The van der Waals surface area contributed by atoms with Gasteiger partial charge in [0.15, 0.2) is 12.6 Å². The molecule has 0 radical (unpaired) electrons. The minimum atomic E-state index is -3.04. The minimum absolute atomic E-state index is 0.129. The van der Waals surface area contributed by atoms with Crippen molar-refractivity contribution in [1.29, 1.82) is 0 Å². The van der Waals surface area contributed by atoms with Gasteiger partial charge in [-0.1, -0.05) is 25.7 Å². The lowest BCUT2D eigenvalue weighted by Gasteiger charge is -2.50. The monoisotopic (exact) mass is 830 g/mol. The van der Waals surface area contributed by atoms with Crippen molar-refractivity contribution < 1.29 is 103 Å². The molecule has 12 N–H and O–H groups in total. The molecule has 0 spiro atoms. The number of aliphatic hydroxyl groups excluding tert-OH is 9. The second-order valence-electron chi connectivity index (χ2n) is 14.1. The molecule has 0 bridgehead atoms. The third kappa shape index (κ3) is 12.6. The van der Waals surface area contributed by atoms with Crippen LogP contribution in [-0.4, -0.2) is 206 Å². The molecule has 0 aromatic rings. The van der Waals surface area contributed by atoms with Gasteiger partial charge in [-0.25, -0.2) is 4.79 Å². The summed E-state index contributed by atoms with van der Waals surface area (Å²) in [5, 5.41) is 110. The third-order valence-corrected chi connectivity index (χ3v) is 10.0. The van der Waals surface area contributed by atoms with E-state index in [-0.39, 0.29) is 19.0 Å². The first-order valence-electron chi connectivity index (χ1n) is 18.7. The number of esters is 1. The van der Waals surface area contributed by atoms with Crippen LogP contribution in [0.4, 0.5) is 0 Å². The van der Waals surface area contributed by atoms with Gasteiger partial charge in [0.1, 0.15) is 67.1 Å². The van der Waals surface area contributed by atoms with Crippen molar-refractivity contribution in [2.24, 2.45) is 0 Å². The number of unbranched alkanes of at least 4 members (excludes halogenated alkanes) is 5. The molecule has 0 aliphatic carbocycles. The number of methoxy groups -OCH3 is 1. The first-order valence-corrected chi connectivity index (χ1v) is 18.7. The van der Waals surface area contributed by atoms with Crippen LogP contribution in [0.2, 0.25) is 0 Å². The zero-order chi connectivity index (χ0) is 42.4. The standard InChI is InChI=1S/C34H58N2O21/c1-16(41)36-22-17(42)11-34(33(49)50,56-29(22)24(45)18(43)12-37)57-30-25(46)19(13-38)53-32(27(30)48)55-28-20(14-39)54-31(23(26(28)47)35-15-40)52-10-8-6-4-3-5-7-9-21(44)51-2/h15,17-20,22-32,37-39,42-43,45-48H,3-14H2,1-2H3,(H,35,40)(H,36,41)(H,49,50)/t17?,18?,19?,20?,22-,23?,24?,25+,26?,27?,28-,29?,30?,31-,32?,34+/m1/s1. The van der Waals surface area contributed by atoms with Crippen LogP contribution in [0.15, 0.2) is 0 Å². The van der Waals surface area contributed by atoms with Crippen molar-refractivity contribution in [1.82, 2.24) is 10.6 Å². The van der Waals surface area contributed by atoms with E-state index in [0.29, 0.717) is 19.3 Å². The fourth-order valence-electron chi connectivity index (χ4n) is 6.94. The average molecular weight is 831 g/mol. The molecule has 0 aromatic carbocycles. The molecule has 3 fully saturated rings. The second kappa shape index (κ2) is 23.2. The Morgan fingerprint density at radius 2 is 1.49 bits per heavy atom. The van der Waals surface area contributed by atoms with Crippen LogP contribution in [-0.2, 0) is 52.3 Å². The van der Waals surface area contributed by atoms with Gasteiger partial charge in [0, 0.05) is 26.4 Å². The Hall–Kier alpha value is -2.72. The summed E-state index contributed by atoms with van der Waals surface area (Å²) in [5.74, 6) is -6.03. The number of amides is 2. The topological polar surface area (TPSA) is 359 Å². The highest BCUT2D eigenvalue weighted by atomic mass is 16.8. The Morgan fingerprint density at radius 3 is 2.07 bits per heavy atom. The maximum absolute atomic E-state index is 12.8. The van der Waals surface area contributed by atoms with Crippen LogP contribution in [0.25, 0.3) is 0 Å². The third-order valence-electron chi connectivity index (χ3n) is 10.0. The molecule has 3 heterocycles. The van der Waals surface area contributed by atoms with Crippen molar-refractivity contribution in [3.05, 3.63) is 0 Å². The highest BCUT2D eigenvalue weighted by molar-refractivity contribution is 5.76. The van der Waals surface area contributed by atoms with Crippen LogP contribution in [0, 0.1) is 0 Å². The molecule has 330 valence electrons. The van der Waals surface area contributed by atoms with Crippen LogP contribution in [0.1, 0.15) is 58.3 Å². The fraction of sp³-hybridized carbons (Fsp3) is 0.882. The number of ether oxygens (including phenoxy) is 7. The van der Waals surface area contributed by atoms with E-state index in [2.05, 4.69) is 15.4 Å². The Labute approximate surface area is 327 Å². The lowest BCUT2D eigenvalue weighted by Crippen LogP contribution is -2.71. The quantitative estimate of drug-likeness (QED) is 0.0259. The zero-order valence-corrected chi connectivity index (χ0v) is 31.7. The number of rotatable bonds is 23. The van der Waals surface area contributed by atoms with Gasteiger partial charge in [0.25, 0.3) is 5.79 Å². The van der Waals surface area contributed by atoms with Crippen LogP contribution in [0.5, 0.6) is 0 Å². The summed E-state index contributed by atoms with van der Waals surface area (Å²) < 4.78 is 38.9. The lowest BCUT2D eigenvalue weighted by atomic mass is 9.88. The van der Waals surface area contributed by atoms with Crippen molar-refractivity contribution >= 4 is 24.3 Å². The van der Waals surface area contributed by atoms with E-state index < -0.39 is 136 Å². The molecular formula is C34H58N2O21. The summed E-state index contributed by atoms with van der Waals surface area (Å²) in [5.41, 5.74) is 0. The van der Waals surface area contributed by atoms with Gasteiger partial charge >= 0.3 is 11.9 Å². The van der Waals surface area contributed by atoms with Gasteiger partial charge < -0.3 is 94.9 Å². The summed E-state index contributed by atoms with van der Waals surface area (Å²) in [4.78, 5) is 47.5. The normalized spacial score (nSPS) is 36.8. The minimum Gasteiger partial charge on any atom is -0.477 e. The molecule has 2 amide bonds. The highest BCUT2D eigenvalue weighted by Crippen LogP contribution is 2.38. The number of aliphatic hydroxyl groups is 9. The molecule has 11 unspecified atom stereocenters. The SMILES string of the molecule is COC(=O)CCCCCCCCO[C@@H]1OC(CO)[C@@H](OC2OC(CO)[C@H](O)C(O[C@]3(C(=O)O)CC(O)[C@@H](NC(C)=O)C(C(O)C(O)CO)O3)C2O)C(O)C1NC=O. The van der Waals surface area contributed by atoms with E-state index >= 15 is 0 Å². The summed E-state index contributed by atoms with van der Waals surface area (Å²) in [6, 6.07) is -2.86. The van der Waals surface area contributed by atoms with Crippen molar-refractivity contribution in [3.8, 4) is 0 Å². The zero-order valence-electron chi connectivity index (χ0n) is 31.7. The van der Waals surface area contributed by atoms with Gasteiger partial charge in [-0.2, -0.15) is 0 Å².